The molecule has 1 heterocycles. The Morgan fingerprint density at radius 3 is 2.44 bits per heavy atom. The summed E-state index contributed by atoms with van der Waals surface area (Å²) in [6, 6.07) is 12.5. The van der Waals surface area contributed by atoms with Crippen molar-refractivity contribution in [1.82, 2.24) is 0 Å². The second kappa shape index (κ2) is 4.88. The molecule has 0 bridgehead atoms. The van der Waals surface area contributed by atoms with Crippen molar-refractivity contribution in [3.05, 3.63) is 47.7 Å². The summed E-state index contributed by atoms with van der Waals surface area (Å²) in [6.07, 6.45) is 0.922. The highest BCUT2D eigenvalue weighted by molar-refractivity contribution is 9.09. The molecule has 0 amide bonds. The third kappa shape index (κ3) is 2.76. The average molecular weight is 279 g/mol. The van der Waals surface area contributed by atoms with Gasteiger partial charge in [-0.3, -0.25) is 0 Å². The standard InChI is InChI=1S/C14H15BrO/c1-10-3-5-12(6-4-10)14-8-7-13(16-14)9-11(2)15/h3-8,11H,9H2,1-2H3. The summed E-state index contributed by atoms with van der Waals surface area (Å²) in [6.45, 7) is 4.21. The molecule has 1 unspecified atom stereocenters. The average Bonchev–Trinajstić information content (AvgIpc) is 2.66. The highest BCUT2D eigenvalue weighted by Gasteiger charge is 2.06. The van der Waals surface area contributed by atoms with Crippen LogP contribution in [0.15, 0.2) is 40.8 Å². The van der Waals surface area contributed by atoms with E-state index in [-0.39, 0.29) is 0 Å². The SMILES string of the molecule is Cc1ccc(-c2ccc(CC(C)Br)o2)cc1. The number of furan rings is 1. The Hall–Kier alpha value is -1.02. The van der Waals surface area contributed by atoms with Gasteiger partial charge in [0.15, 0.2) is 0 Å². The van der Waals surface area contributed by atoms with Crippen LogP contribution >= 0.6 is 15.9 Å². The molecule has 16 heavy (non-hydrogen) atoms. The summed E-state index contributed by atoms with van der Waals surface area (Å²) in [5, 5.41) is 0. The molecule has 2 rings (SSSR count). The van der Waals surface area contributed by atoms with Crippen LogP contribution in [0.2, 0.25) is 0 Å². The summed E-state index contributed by atoms with van der Waals surface area (Å²) in [5.41, 5.74) is 2.41. The van der Waals surface area contributed by atoms with Gasteiger partial charge in [0.05, 0.1) is 0 Å². The van der Waals surface area contributed by atoms with Gasteiger partial charge in [-0.1, -0.05) is 52.7 Å². The first-order valence-electron chi connectivity index (χ1n) is 5.45. The van der Waals surface area contributed by atoms with Gasteiger partial charge in [-0.15, -0.1) is 0 Å². The fraction of sp³-hybridized carbons (Fsp3) is 0.286. The van der Waals surface area contributed by atoms with Crippen LogP contribution in [0, 0.1) is 6.92 Å². The highest BCUT2D eigenvalue weighted by atomic mass is 79.9. The number of rotatable bonds is 3. The largest absolute Gasteiger partial charge is 0.461 e. The van der Waals surface area contributed by atoms with Crippen LogP contribution < -0.4 is 0 Å². The number of alkyl halides is 1. The van der Waals surface area contributed by atoms with E-state index >= 15 is 0 Å². The van der Waals surface area contributed by atoms with E-state index in [1.165, 1.54) is 5.56 Å². The van der Waals surface area contributed by atoms with Gasteiger partial charge >= 0.3 is 0 Å². The Bertz CT molecular complexity index is 454. The second-order valence-electron chi connectivity index (χ2n) is 4.12. The van der Waals surface area contributed by atoms with Crippen molar-refractivity contribution < 1.29 is 4.42 Å². The van der Waals surface area contributed by atoms with Crippen molar-refractivity contribution in [2.45, 2.75) is 25.1 Å². The molecule has 2 aromatic rings. The molecule has 0 spiro atoms. The third-order valence-corrected chi connectivity index (χ3v) is 2.80. The normalized spacial score (nSPS) is 12.7. The molecule has 1 atom stereocenters. The number of hydrogen-bond acceptors (Lipinski definition) is 1. The molecule has 0 aliphatic carbocycles. The zero-order chi connectivity index (χ0) is 11.5. The van der Waals surface area contributed by atoms with Crippen LogP contribution in [-0.2, 0) is 6.42 Å². The van der Waals surface area contributed by atoms with Crippen LogP contribution in [0.1, 0.15) is 18.2 Å². The van der Waals surface area contributed by atoms with Crippen molar-refractivity contribution in [1.29, 1.82) is 0 Å². The molecule has 0 N–H and O–H groups in total. The van der Waals surface area contributed by atoms with Crippen molar-refractivity contribution in [3.63, 3.8) is 0 Å². The number of hydrogen-bond donors (Lipinski definition) is 0. The predicted molar refractivity (Wildman–Crippen MR) is 71.0 cm³/mol. The lowest BCUT2D eigenvalue weighted by Crippen LogP contribution is -1.93. The predicted octanol–water partition coefficient (Wildman–Crippen LogP) is 4.58. The lowest BCUT2D eigenvalue weighted by Gasteiger charge is -2.00. The van der Waals surface area contributed by atoms with Gasteiger partial charge in [0.1, 0.15) is 11.5 Å². The Balaban J connectivity index is 2.21. The number of halogens is 1. The first-order valence-corrected chi connectivity index (χ1v) is 6.36. The van der Waals surface area contributed by atoms with Crippen LogP contribution in [-0.4, -0.2) is 4.83 Å². The molecule has 0 radical (unpaired) electrons. The first-order chi connectivity index (χ1) is 7.65. The Labute approximate surface area is 105 Å². The quantitative estimate of drug-likeness (QED) is 0.749. The van der Waals surface area contributed by atoms with Gasteiger partial charge in [-0.05, 0) is 19.1 Å². The van der Waals surface area contributed by atoms with Crippen LogP contribution in [0.4, 0.5) is 0 Å². The molecule has 0 saturated heterocycles. The van der Waals surface area contributed by atoms with Crippen molar-refractivity contribution in [3.8, 4) is 11.3 Å². The summed E-state index contributed by atoms with van der Waals surface area (Å²) in [4.78, 5) is 0.449. The molecule has 1 aromatic carbocycles. The molecule has 0 aliphatic rings. The first kappa shape index (κ1) is 11.5. The van der Waals surface area contributed by atoms with E-state index in [1.54, 1.807) is 0 Å². The summed E-state index contributed by atoms with van der Waals surface area (Å²) in [5.74, 6) is 1.98. The highest BCUT2D eigenvalue weighted by Crippen LogP contribution is 2.23. The van der Waals surface area contributed by atoms with Crippen LogP contribution in [0.3, 0.4) is 0 Å². The summed E-state index contributed by atoms with van der Waals surface area (Å²) < 4.78 is 5.79. The molecule has 2 heteroatoms. The van der Waals surface area contributed by atoms with E-state index in [9.17, 15) is 0 Å². The van der Waals surface area contributed by atoms with E-state index in [4.69, 9.17) is 4.42 Å². The lowest BCUT2D eigenvalue weighted by atomic mass is 10.1. The van der Waals surface area contributed by atoms with E-state index in [2.05, 4.69) is 54.0 Å². The van der Waals surface area contributed by atoms with Crippen molar-refractivity contribution in [2.24, 2.45) is 0 Å². The van der Waals surface area contributed by atoms with E-state index < -0.39 is 0 Å². The topological polar surface area (TPSA) is 13.1 Å². The molecule has 0 saturated carbocycles. The molecule has 0 fully saturated rings. The van der Waals surface area contributed by atoms with Crippen molar-refractivity contribution >= 4 is 15.9 Å². The minimum atomic E-state index is 0.449. The smallest absolute Gasteiger partial charge is 0.134 e. The second-order valence-corrected chi connectivity index (χ2v) is 5.68. The van der Waals surface area contributed by atoms with Gasteiger partial charge in [-0.2, -0.15) is 0 Å². The fourth-order valence-corrected chi connectivity index (χ4v) is 1.96. The maximum Gasteiger partial charge on any atom is 0.134 e. The molecule has 1 nitrogen and oxygen atoms in total. The van der Waals surface area contributed by atoms with E-state index in [1.807, 2.05) is 12.1 Å². The zero-order valence-electron chi connectivity index (χ0n) is 9.53. The molecule has 0 aliphatic heterocycles. The maximum absolute atomic E-state index is 5.79. The summed E-state index contributed by atoms with van der Waals surface area (Å²) >= 11 is 3.53. The van der Waals surface area contributed by atoms with Gasteiger partial charge in [0.25, 0.3) is 0 Å². The summed E-state index contributed by atoms with van der Waals surface area (Å²) in [7, 11) is 0. The van der Waals surface area contributed by atoms with Gasteiger partial charge in [-0.25, -0.2) is 0 Å². The zero-order valence-corrected chi connectivity index (χ0v) is 11.1. The molecular formula is C14H15BrO. The van der Waals surface area contributed by atoms with Gasteiger partial charge < -0.3 is 4.42 Å². The van der Waals surface area contributed by atoms with Crippen LogP contribution in [0.5, 0.6) is 0 Å². The fourth-order valence-electron chi connectivity index (χ4n) is 1.64. The maximum atomic E-state index is 5.79. The Kier molecular flexibility index (Phi) is 3.49. The Morgan fingerprint density at radius 1 is 1.12 bits per heavy atom. The van der Waals surface area contributed by atoms with Gasteiger partial charge in [0, 0.05) is 16.8 Å². The molecule has 84 valence electrons. The van der Waals surface area contributed by atoms with E-state index in [0.717, 1.165) is 23.5 Å². The number of aryl methyl sites for hydroxylation is 1. The number of benzene rings is 1. The third-order valence-electron chi connectivity index (χ3n) is 2.48. The molecular weight excluding hydrogens is 264 g/mol. The van der Waals surface area contributed by atoms with Crippen LogP contribution in [0.25, 0.3) is 11.3 Å². The minimum absolute atomic E-state index is 0.449. The monoisotopic (exact) mass is 278 g/mol. The van der Waals surface area contributed by atoms with Crippen molar-refractivity contribution in [2.75, 3.05) is 0 Å². The Morgan fingerprint density at radius 2 is 1.81 bits per heavy atom. The van der Waals surface area contributed by atoms with E-state index in [0.29, 0.717) is 4.83 Å². The molecule has 1 aromatic heterocycles. The minimum Gasteiger partial charge on any atom is -0.461 e. The van der Waals surface area contributed by atoms with Gasteiger partial charge in [0.2, 0.25) is 0 Å². The lowest BCUT2D eigenvalue weighted by molar-refractivity contribution is 0.522.